The molecule has 2 aromatic rings. The lowest BCUT2D eigenvalue weighted by molar-refractivity contribution is -0.122. The van der Waals surface area contributed by atoms with Crippen LogP contribution in [0.2, 0.25) is 0 Å². The number of pyridine rings is 1. The molecule has 1 aliphatic carbocycles. The third-order valence-corrected chi connectivity index (χ3v) is 7.79. The van der Waals surface area contributed by atoms with Crippen LogP contribution in [0.25, 0.3) is 11.7 Å². The first-order chi connectivity index (χ1) is 16.0. The Labute approximate surface area is 204 Å². The summed E-state index contributed by atoms with van der Waals surface area (Å²) in [5.41, 5.74) is 1.83. The highest BCUT2D eigenvalue weighted by Crippen LogP contribution is 2.33. The Balaban J connectivity index is 1.69. The van der Waals surface area contributed by atoms with E-state index in [2.05, 4.69) is 12.2 Å². The van der Waals surface area contributed by atoms with Crippen molar-refractivity contribution in [1.82, 2.24) is 14.3 Å². The van der Waals surface area contributed by atoms with Crippen LogP contribution in [0.1, 0.15) is 75.8 Å². The quantitative estimate of drug-likeness (QED) is 0.302. The standard InChI is InChI=1S/C25H32N4O2S2/c1-3-4-5-9-14-29-24(31)20(33-25(29)32)16-19-21(26-18-12-7-6-8-13-18)27-22-17(2)11-10-15-28(22)23(19)30/h10-11,15-16,18,26H,3-9,12-14H2,1-2H3. The summed E-state index contributed by atoms with van der Waals surface area (Å²) >= 11 is 6.77. The van der Waals surface area contributed by atoms with E-state index in [1.165, 1.54) is 31.0 Å². The second-order valence-corrected chi connectivity index (χ2v) is 10.6. The van der Waals surface area contributed by atoms with Crippen molar-refractivity contribution in [2.24, 2.45) is 0 Å². The predicted molar refractivity (Wildman–Crippen MR) is 141 cm³/mol. The zero-order valence-corrected chi connectivity index (χ0v) is 21.1. The molecule has 33 heavy (non-hydrogen) atoms. The number of aryl methyl sites for hydroxylation is 1. The number of fused-ring (bicyclic) bond motifs is 1. The third-order valence-electron chi connectivity index (χ3n) is 6.41. The summed E-state index contributed by atoms with van der Waals surface area (Å²) in [6.45, 7) is 4.75. The predicted octanol–water partition coefficient (Wildman–Crippen LogP) is 5.53. The molecule has 0 atom stereocenters. The number of nitrogens with one attached hydrogen (secondary N) is 1. The van der Waals surface area contributed by atoms with E-state index in [0.717, 1.165) is 44.1 Å². The van der Waals surface area contributed by atoms with Gasteiger partial charge >= 0.3 is 0 Å². The van der Waals surface area contributed by atoms with Crippen LogP contribution in [-0.2, 0) is 4.79 Å². The monoisotopic (exact) mass is 484 g/mol. The molecule has 3 heterocycles. The summed E-state index contributed by atoms with van der Waals surface area (Å²) in [4.78, 5) is 33.6. The van der Waals surface area contributed by atoms with E-state index in [1.807, 2.05) is 19.1 Å². The van der Waals surface area contributed by atoms with Crippen molar-refractivity contribution in [3.8, 4) is 0 Å². The van der Waals surface area contributed by atoms with Gasteiger partial charge in [0.2, 0.25) is 0 Å². The van der Waals surface area contributed by atoms with Gasteiger partial charge in [-0.2, -0.15) is 0 Å². The molecule has 176 valence electrons. The number of carbonyl (C=O) groups is 1. The highest BCUT2D eigenvalue weighted by Gasteiger charge is 2.32. The summed E-state index contributed by atoms with van der Waals surface area (Å²) in [6.07, 6.45) is 13.5. The van der Waals surface area contributed by atoms with Crippen LogP contribution in [0.3, 0.4) is 0 Å². The maximum absolute atomic E-state index is 13.5. The first-order valence-corrected chi connectivity index (χ1v) is 13.3. The van der Waals surface area contributed by atoms with Crippen LogP contribution in [-0.4, -0.2) is 37.1 Å². The second kappa shape index (κ2) is 10.8. The lowest BCUT2D eigenvalue weighted by Crippen LogP contribution is -2.29. The van der Waals surface area contributed by atoms with Crippen LogP contribution < -0.4 is 10.9 Å². The molecule has 1 saturated carbocycles. The molecule has 0 spiro atoms. The molecule has 1 saturated heterocycles. The normalized spacial score (nSPS) is 18.6. The van der Waals surface area contributed by atoms with Gasteiger partial charge in [0, 0.05) is 18.8 Å². The molecule has 2 aliphatic rings. The molecule has 2 aromatic heterocycles. The zero-order valence-electron chi connectivity index (χ0n) is 19.4. The molecule has 1 aliphatic heterocycles. The number of aromatic nitrogens is 2. The first kappa shape index (κ1) is 24.0. The zero-order chi connectivity index (χ0) is 23.4. The Morgan fingerprint density at radius 2 is 2.00 bits per heavy atom. The molecule has 6 nitrogen and oxygen atoms in total. The molecule has 1 N–H and O–H groups in total. The van der Waals surface area contributed by atoms with Gasteiger partial charge in [0.05, 0.1) is 10.5 Å². The highest BCUT2D eigenvalue weighted by atomic mass is 32.2. The van der Waals surface area contributed by atoms with Crippen LogP contribution in [0.5, 0.6) is 0 Å². The average molecular weight is 485 g/mol. The van der Waals surface area contributed by atoms with Gasteiger partial charge in [0.15, 0.2) is 0 Å². The molecular weight excluding hydrogens is 452 g/mol. The molecule has 2 fully saturated rings. The van der Waals surface area contributed by atoms with E-state index in [1.54, 1.807) is 21.6 Å². The Bertz CT molecular complexity index is 1140. The lowest BCUT2D eigenvalue weighted by atomic mass is 9.95. The number of unbranched alkanes of at least 4 members (excludes halogenated alkanes) is 3. The van der Waals surface area contributed by atoms with Gasteiger partial charge in [0.1, 0.15) is 15.8 Å². The minimum absolute atomic E-state index is 0.112. The third kappa shape index (κ3) is 5.32. The Morgan fingerprint density at radius 3 is 2.76 bits per heavy atom. The number of hydrogen-bond acceptors (Lipinski definition) is 6. The fraction of sp³-hybridized carbons (Fsp3) is 0.520. The summed E-state index contributed by atoms with van der Waals surface area (Å²) < 4.78 is 2.13. The lowest BCUT2D eigenvalue weighted by Gasteiger charge is -2.24. The number of amides is 1. The minimum atomic E-state index is -0.171. The molecule has 1 amide bonds. The summed E-state index contributed by atoms with van der Waals surface area (Å²) in [6, 6.07) is 4.09. The Morgan fingerprint density at radius 1 is 1.21 bits per heavy atom. The average Bonchev–Trinajstić information content (AvgIpc) is 3.08. The number of nitrogens with zero attached hydrogens (tertiary/aromatic N) is 3. The fourth-order valence-electron chi connectivity index (χ4n) is 4.51. The topological polar surface area (TPSA) is 66.7 Å². The molecular formula is C25H32N4O2S2. The van der Waals surface area contributed by atoms with Crippen LogP contribution in [0, 0.1) is 6.92 Å². The van der Waals surface area contributed by atoms with Crippen molar-refractivity contribution >= 4 is 51.7 Å². The van der Waals surface area contributed by atoms with Gasteiger partial charge in [-0.05, 0) is 43.9 Å². The van der Waals surface area contributed by atoms with Gasteiger partial charge < -0.3 is 5.32 Å². The van der Waals surface area contributed by atoms with Gasteiger partial charge in [-0.1, -0.05) is 75.5 Å². The maximum atomic E-state index is 13.5. The van der Waals surface area contributed by atoms with Crippen molar-refractivity contribution in [3.63, 3.8) is 0 Å². The van der Waals surface area contributed by atoms with Crippen molar-refractivity contribution in [2.75, 3.05) is 11.9 Å². The number of hydrogen-bond donors (Lipinski definition) is 1. The van der Waals surface area contributed by atoms with E-state index >= 15 is 0 Å². The highest BCUT2D eigenvalue weighted by molar-refractivity contribution is 8.26. The molecule has 0 aromatic carbocycles. The number of thiocarbonyl (C=S) groups is 1. The number of carbonyl (C=O) groups excluding carboxylic acids is 1. The SMILES string of the molecule is CCCCCCN1C(=O)C(=Cc2c(NC3CCCCC3)nc3c(C)cccn3c2=O)SC1=S. The molecule has 0 radical (unpaired) electrons. The summed E-state index contributed by atoms with van der Waals surface area (Å²) in [5, 5.41) is 3.53. The van der Waals surface area contributed by atoms with Crippen molar-refractivity contribution in [1.29, 1.82) is 0 Å². The first-order valence-electron chi connectivity index (χ1n) is 12.0. The Hall–Kier alpha value is -2.19. The van der Waals surface area contributed by atoms with E-state index in [4.69, 9.17) is 17.2 Å². The molecule has 0 unspecified atom stereocenters. The molecule has 8 heteroatoms. The van der Waals surface area contributed by atoms with Crippen molar-refractivity contribution < 1.29 is 4.79 Å². The summed E-state index contributed by atoms with van der Waals surface area (Å²) in [5.74, 6) is 0.452. The number of anilines is 1. The van der Waals surface area contributed by atoms with E-state index in [-0.39, 0.29) is 17.5 Å². The van der Waals surface area contributed by atoms with Crippen molar-refractivity contribution in [3.05, 3.63) is 44.7 Å². The van der Waals surface area contributed by atoms with E-state index in [0.29, 0.717) is 32.8 Å². The van der Waals surface area contributed by atoms with Gasteiger partial charge in [-0.15, -0.1) is 0 Å². The summed E-state index contributed by atoms with van der Waals surface area (Å²) in [7, 11) is 0. The molecule has 0 bridgehead atoms. The largest absolute Gasteiger partial charge is 0.367 e. The van der Waals surface area contributed by atoms with Crippen LogP contribution >= 0.6 is 24.0 Å². The van der Waals surface area contributed by atoms with Gasteiger partial charge in [-0.25, -0.2) is 4.98 Å². The second-order valence-electron chi connectivity index (χ2n) is 8.94. The number of thioether (sulfide) groups is 1. The maximum Gasteiger partial charge on any atom is 0.267 e. The molecule has 4 rings (SSSR count). The van der Waals surface area contributed by atoms with Gasteiger partial charge in [0.25, 0.3) is 11.5 Å². The fourth-order valence-corrected chi connectivity index (χ4v) is 5.80. The smallest absolute Gasteiger partial charge is 0.267 e. The number of rotatable bonds is 8. The van der Waals surface area contributed by atoms with E-state index < -0.39 is 0 Å². The van der Waals surface area contributed by atoms with Crippen LogP contribution in [0.15, 0.2) is 28.0 Å². The minimum Gasteiger partial charge on any atom is -0.367 e. The van der Waals surface area contributed by atoms with Crippen LogP contribution in [0.4, 0.5) is 5.82 Å². The van der Waals surface area contributed by atoms with E-state index in [9.17, 15) is 9.59 Å². The Kier molecular flexibility index (Phi) is 7.86. The van der Waals surface area contributed by atoms with Gasteiger partial charge in [-0.3, -0.25) is 18.9 Å². The van der Waals surface area contributed by atoms with Crippen molar-refractivity contribution in [2.45, 2.75) is 77.7 Å².